The van der Waals surface area contributed by atoms with Gasteiger partial charge in [0.15, 0.2) is 11.5 Å². The van der Waals surface area contributed by atoms with E-state index in [1.54, 1.807) is 7.11 Å². The first-order valence-electron chi connectivity index (χ1n) is 7.73. The minimum atomic E-state index is -0.310. The average Bonchev–Trinajstić information content (AvgIpc) is 2.59. The fraction of sp³-hybridized carbons (Fsp3) is 0.368. The van der Waals surface area contributed by atoms with Crippen LogP contribution in [0.15, 0.2) is 48.5 Å². The smallest absolute Gasteiger partial charge is 0.161 e. The maximum Gasteiger partial charge on any atom is 0.161 e. The Balaban J connectivity index is 0.00000288. The fourth-order valence-electron chi connectivity index (χ4n) is 2.07. The zero-order valence-corrected chi connectivity index (χ0v) is 15.2. The summed E-state index contributed by atoms with van der Waals surface area (Å²) in [4.78, 5) is 0. The van der Waals surface area contributed by atoms with Crippen LogP contribution >= 0.6 is 12.4 Å². The lowest BCUT2D eigenvalue weighted by Gasteiger charge is -2.23. The number of nitrogens with one attached hydrogen (secondary N) is 1. The van der Waals surface area contributed by atoms with Gasteiger partial charge in [-0.2, -0.15) is 0 Å². The van der Waals surface area contributed by atoms with E-state index in [0.717, 1.165) is 16.9 Å². The maximum absolute atomic E-state index is 9.29. The molecule has 0 saturated carbocycles. The average molecular weight is 352 g/mol. The zero-order valence-electron chi connectivity index (χ0n) is 14.4. The summed E-state index contributed by atoms with van der Waals surface area (Å²) in [5, 5.41) is 12.6. The van der Waals surface area contributed by atoms with Gasteiger partial charge in [0.25, 0.3) is 0 Å². The first kappa shape index (κ1) is 20.3. The quantitative estimate of drug-likeness (QED) is 0.763. The number of hydrogen-bond donors (Lipinski definition) is 2. The van der Waals surface area contributed by atoms with Gasteiger partial charge in [-0.25, -0.2) is 0 Å². The molecular weight excluding hydrogens is 326 g/mol. The van der Waals surface area contributed by atoms with Crippen molar-refractivity contribution in [2.75, 3.05) is 13.7 Å². The molecule has 0 bridgehead atoms. The van der Waals surface area contributed by atoms with Crippen molar-refractivity contribution in [1.82, 2.24) is 5.32 Å². The topological polar surface area (TPSA) is 50.7 Å². The second kappa shape index (κ2) is 9.52. The molecule has 0 radical (unpaired) electrons. The van der Waals surface area contributed by atoms with Gasteiger partial charge in [0.05, 0.1) is 13.7 Å². The first-order valence-corrected chi connectivity index (χ1v) is 7.73. The van der Waals surface area contributed by atoms with Crippen molar-refractivity contribution >= 4 is 12.4 Å². The van der Waals surface area contributed by atoms with Crippen molar-refractivity contribution < 1.29 is 14.6 Å². The Hall–Kier alpha value is -1.75. The maximum atomic E-state index is 9.29. The van der Waals surface area contributed by atoms with Crippen molar-refractivity contribution in [3.63, 3.8) is 0 Å². The lowest BCUT2D eigenvalue weighted by Crippen LogP contribution is -2.42. The number of halogens is 1. The molecule has 2 N–H and O–H groups in total. The number of hydrogen-bond acceptors (Lipinski definition) is 4. The lowest BCUT2D eigenvalue weighted by atomic mass is 10.1. The van der Waals surface area contributed by atoms with Gasteiger partial charge in [0, 0.05) is 12.1 Å². The predicted octanol–water partition coefficient (Wildman–Crippen LogP) is 3.56. The van der Waals surface area contributed by atoms with Crippen LogP contribution in [0.5, 0.6) is 11.5 Å². The summed E-state index contributed by atoms with van der Waals surface area (Å²) in [7, 11) is 1.64. The number of benzene rings is 2. The minimum absolute atomic E-state index is 0. The third-order valence-electron chi connectivity index (χ3n) is 3.63. The molecule has 0 unspecified atom stereocenters. The van der Waals surface area contributed by atoms with E-state index < -0.39 is 0 Å². The molecule has 2 rings (SSSR count). The van der Waals surface area contributed by atoms with Crippen molar-refractivity contribution in [3.8, 4) is 11.5 Å². The Labute approximate surface area is 150 Å². The Bertz CT molecular complexity index is 617. The standard InChI is InChI=1S/C19H25NO3.ClH/c1-19(2,14-21)20-12-16-9-10-17(18(11-16)22-3)23-13-15-7-5-4-6-8-15;/h4-11,20-21H,12-14H2,1-3H3;1H. The van der Waals surface area contributed by atoms with Crippen molar-refractivity contribution in [2.45, 2.75) is 32.5 Å². The first-order chi connectivity index (χ1) is 11.0. The summed E-state index contributed by atoms with van der Waals surface area (Å²) in [5.41, 5.74) is 1.89. The van der Waals surface area contributed by atoms with Gasteiger partial charge in [-0.1, -0.05) is 36.4 Å². The van der Waals surface area contributed by atoms with Gasteiger partial charge in [-0.05, 0) is 37.1 Å². The molecule has 0 aliphatic carbocycles. The number of ether oxygens (including phenoxy) is 2. The fourth-order valence-corrected chi connectivity index (χ4v) is 2.07. The van der Waals surface area contributed by atoms with Crippen LogP contribution in [0.1, 0.15) is 25.0 Å². The molecule has 24 heavy (non-hydrogen) atoms. The molecule has 0 aliphatic rings. The summed E-state index contributed by atoms with van der Waals surface area (Å²) in [6.45, 7) is 5.17. The second-order valence-corrected chi connectivity index (χ2v) is 6.16. The van der Waals surface area contributed by atoms with Crippen LogP contribution in [0.25, 0.3) is 0 Å². The highest BCUT2D eigenvalue weighted by Crippen LogP contribution is 2.29. The molecule has 0 heterocycles. The summed E-state index contributed by atoms with van der Waals surface area (Å²) in [5.74, 6) is 1.43. The van der Waals surface area contributed by atoms with E-state index >= 15 is 0 Å². The highest BCUT2D eigenvalue weighted by atomic mass is 35.5. The molecule has 0 atom stereocenters. The summed E-state index contributed by atoms with van der Waals surface area (Å²) >= 11 is 0. The Kier molecular flexibility index (Phi) is 8.05. The van der Waals surface area contributed by atoms with Gasteiger partial charge in [0.1, 0.15) is 6.61 Å². The number of rotatable bonds is 8. The van der Waals surface area contributed by atoms with E-state index in [1.807, 2.05) is 62.4 Å². The number of aliphatic hydroxyl groups excluding tert-OH is 1. The third-order valence-corrected chi connectivity index (χ3v) is 3.63. The van der Waals surface area contributed by atoms with Crippen molar-refractivity contribution in [1.29, 1.82) is 0 Å². The Morgan fingerprint density at radius 3 is 2.33 bits per heavy atom. The SMILES string of the molecule is COc1cc(CNC(C)(C)CO)ccc1OCc1ccccc1.Cl. The summed E-state index contributed by atoms with van der Waals surface area (Å²) in [6.07, 6.45) is 0. The van der Waals surface area contributed by atoms with Gasteiger partial charge in [-0.15, -0.1) is 12.4 Å². The van der Waals surface area contributed by atoms with Crippen LogP contribution in [0, 0.1) is 0 Å². The molecule has 0 amide bonds. The van der Waals surface area contributed by atoms with Gasteiger partial charge in [-0.3, -0.25) is 0 Å². The second-order valence-electron chi connectivity index (χ2n) is 6.16. The van der Waals surface area contributed by atoms with E-state index in [4.69, 9.17) is 9.47 Å². The van der Waals surface area contributed by atoms with Crippen LogP contribution < -0.4 is 14.8 Å². The van der Waals surface area contributed by atoms with E-state index in [9.17, 15) is 5.11 Å². The number of methoxy groups -OCH3 is 1. The van der Waals surface area contributed by atoms with Gasteiger partial charge in [0.2, 0.25) is 0 Å². The van der Waals surface area contributed by atoms with Crippen molar-refractivity contribution in [3.05, 3.63) is 59.7 Å². The van der Waals surface area contributed by atoms with Crippen LogP contribution in [-0.2, 0) is 13.2 Å². The molecule has 0 spiro atoms. The molecule has 2 aromatic rings. The van der Waals surface area contributed by atoms with Crippen molar-refractivity contribution in [2.24, 2.45) is 0 Å². The summed E-state index contributed by atoms with van der Waals surface area (Å²) < 4.78 is 11.3. The Morgan fingerprint density at radius 2 is 1.71 bits per heavy atom. The monoisotopic (exact) mass is 351 g/mol. The summed E-state index contributed by atoms with van der Waals surface area (Å²) in [6, 6.07) is 15.9. The highest BCUT2D eigenvalue weighted by molar-refractivity contribution is 5.85. The highest BCUT2D eigenvalue weighted by Gasteiger charge is 2.15. The molecule has 0 aromatic heterocycles. The van der Waals surface area contributed by atoms with E-state index in [0.29, 0.717) is 18.9 Å². The molecule has 0 saturated heterocycles. The zero-order chi connectivity index (χ0) is 16.7. The number of aliphatic hydroxyl groups is 1. The van der Waals surface area contributed by atoms with Gasteiger partial charge < -0.3 is 19.9 Å². The molecular formula is C19H26ClNO3. The third kappa shape index (κ3) is 6.04. The van der Waals surface area contributed by atoms with Crippen LogP contribution in [0.4, 0.5) is 0 Å². The molecule has 0 fully saturated rings. The lowest BCUT2D eigenvalue weighted by molar-refractivity contribution is 0.187. The van der Waals surface area contributed by atoms with Gasteiger partial charge >= 0.3 is 0 Å². The van der Waals surface area contributed by atoms with Crippen LogP contribution in [0.2, 0.25) is 0 Å². The van der Waals surface area contributed by atoms with Crippen LogP contribution in [-0.4, -0.2) is 24.4 Å². The normalized spacial score (nSPS) is 10.8. The molecule has 5 heteroatoms. The van der Waals surface area contributed by atoms with Crippen LogP contribution in [0.3, 0.4) is 0 Å². The van der Waals surface area contributed by atoms with E-state index in [2.05, 4.69) is 5.32 Å². The molecule has 4 nitrogen and oxygen atoms in total. The van der Waals surface area contributed by atoms with E-state index in [-0.39, 0.29) is 24.6 Å². The Morgan fingerprint density at radius 1 is 1.00 bits per heavy atom. The molecule has 0 aliphatic heterocycles. The molecule has 132 valence electrons. The predicted molar refractivity (Wildman–Crippen MR) is 99.0 cm³/mol. The van der Waals surface area contributed by atoms with E-state index in [1.165, 1.54) is 0 Å². The largest absolute Gasteiger partial charge is 0.493 e. The molecule has 2 aromatic carbocycles. The minimum Gasteiger partial charge on any atom is -0.493 e.